The van der Waals surface area contributed by atoms with Crippen molar-refractivity contribution < 1.29 is 23.6 Å². The molecule has 0 saturated heterocycles. The lowest BCUT2D eigenvalue weighted by Gasteiger charge is -2.21. The van der Waals surface area contributed by atoms with Crippen LogP contribution in [0.3, 0.4) is 0 Å². The van der Waals surface area contributed by atoms with Crippen LogP contribution < -0.4 is 24.8 Å². The maximum atomic E-state index is 14.4. The van der Waals surface area contributed by atoms with Gasteiger partial charge in [-0.1, -0.05) is 36.4 Å². The zero-order valence-corrected chi connectivity index (χ0v) is 16.8. The topological polar surface area (TPSA) is 61.8 Å². The molecule has 6 heteroatoms. The lowest BCUT2D eigenvalue weighted by Crippen LogP contribution is -2.23. The van der Waals surface area contributed by atoms with E-state index in [2.05, 4.69) is 0 Å². The molecule has 3 rings (SSSR count). The summed E-state index contributed by atoms with van der Waals surface area (Å²) in [5.74, 6) is 1.24. The largest absolute Gasteiger partial charge is 0.497 e. The van der Waals surface area contributed by atoms with Gasteiger partial charge in [0.2, 0.25) is 12.7 Å². The van der Waals surface area contributed by atoms with Crippen molar-refractivity contribution in [2.24, 2.45) is 0 Å². The summed E-state index contributed by atoms with van der Waals surface area (Å²) in [7, 11) is 0.780. The Labute approximate surface area is 164 Å². The highest BCUT2D eigenvalue weighted by molar-refractivity contribution is 7.93. The Morgan fingerprint density at radius 1 is 0.679 bits per heavy atom. The van der Waals surface area contributed by atoms with Gasteiger partial charge in [-0.25, -0.2) is 0 Å². The number of methoxy groups -OCH3 is 3. The van der Waals surface area contributed by atoms with Crippen molar-refractivity contribution in [2.75, 3.05) is 21.3 Å². The molecular weight excluding hydrogens is 375 g/mol. The van der Waals surface area contributed by atoms with Crippen LogP contribution in [0.15, 0.2) is 72.8 Å². The van der Waals surface area contributed by atoms with Gasteiger partial charge in [-0.15, -0.1) is 0 Å². The van der Waals surface area contributed by atoms with Crippen molar-refractivity contribution in [1.82, 2.24) is 0 Å². The second kappa shape index (κ2) is 8.32. The normalized spacial score (nSPS) is 12.7. The van der Waals surface area contributed by atoms with Gasteiger partial charge in [0, 0.05) is 10.6 Å². The van der Waals surface area contributed by atoms with E-state index in [1.54, 1.807) is 73.8 Å². The van der Waals surface area contributed by atoms with Gasteiger partial charge in [0.1, 0.15) is 22.8 Å². The molecule has 3 aromatic rings. The molecule has 0 bridgehead atoms. The summed E-state index contributed by atoms with van der Waals surface area (Å²) in [5.41, 5.74) is -0.381. The number of carbonyl (C=O) groups is 1. The number of carbonyl (C=O) groups excluding carboxylic acids is 1. The maximum Gasteiger partial charge on any atom is 0.237 e. The third-order valence-corrected chi connectivity index (χ3v) is 7.33. The van der Waals surface area contributed by atoms with Crippen molar-refractivity contribution >= 4 is 23.3 Å². The Morgan fingerprint density at radius 2 is 1.21 bits per heavy atom. The van der Waals surface area contributed by atoms with E-state index < -0.39 is 12.7 Å². The molecule has 3 aromatic carbocycles. The van der Waals surface area contributed by atoms with Crippen LogP contribution in [0.5, 0.6) is 17.2 Å². The predicted octanol–water partition coefficient (Wildman–Crippen LogP) is 3.87. The van der Waals surface area contributed by atoms with E-state index in [1.165, 1.54) is 14.2 Å². The van der Waals surface area contributed by atoms with Crippen molar-refractivity contribution in [2.45, 2.75) is 0 Å². The Morgan fingerprint density at radius 3 is 1.71 bits per heavy atom. The van der Waals surface area contributed by atoms with Crippen LogP contribution in [0.25, 0.3) is 0 Å². The van der Waals surface area contributed by atoms with Gasteiger partial charge < -0.3 is 18.8 Å². The third-order valence-electron chi connectivity index (χ3n) is 4.48. The van der Waals surface area contributed by atoms with Crippen LogP contribution >= 0.6 is 7.14 Å². The Kier molecular flexibility index (Phi) is 5.86. The fourth-order valence-corrected chi connectivity index (χ4v) is 5.50. The minimum Gasteiger partial charge on any atom is -0.497 e. The van der Waals surface area contributed by atoms with E-state index in [9.17, 15) is 9.36 Å². The zero-order chi connectivity index (χ0) is 20.1. The first kappa shape index (κ1) is 19.7. The summed E-state index contributed by atoms with van der Waals surface area (Å²) >= 11 is 0. The molecule has 0 amide bonds. The summed E-state index contributed by atoms with van der Waals surface area (Å²) in [6.45, 7) is 0. The molecule has 0 heterocycles. The quantitative estimate of drug-likeness (QED) is 0.568. The summed E-state index contributed by atoms with van der Waals surface area (Å²) in [4.78, 5) is 13.7. The molecule has 0 aromatic heterocycles. The van der Waals surface area contributed by atoms with Gasteiger partial charge >= 0.3 is 0 Å². The van der Waals surface area contributed by atoms with Crippen LogP contribution in [0.2, 0.25) is 0 Å². The van der Waals surface area contributed by atoms with E-state index in [-0.39, 0.29) is 5.56 Å². The van der Waals surface area contributed by atoms with Gasteiger partial charge in [0.15, 0.2) is 0 Å². The first-order valence-electron chi connectivity index (χ1n) is 8.62. The van der Waals surface area contributed by atoms with Crippen molar-refractivity contribution in [3.8, 4) is 17.2 Å². The second-order valence-electron chi connectivity index (χ2n) is 5.99. The molecule has 144 valence electrons. The highest BCUT2D eigenvalue weighted by atomic mass is 31.2. The molecule has 5 nitrogen and oxygen atoms in total. The van der Waals surface area contributed by atoms with Crippen LogP contribution in [0.4, 0.5) is 0 Å². The highest BCUT2D eigenvalue weighted by Gasteiger charge is 2.39. The van der Waals surface area contributed by atoms with Crippen LogP contribution in [-0.4, -0.2) is 26.9 Å². The molecule has 0 radical (unpaired) electrons. The summed E-state index contributed by atoms with van der Waals surface area (Å²) in [6, 6.07) is 20.5. The van der Waals surface area contributed by atoms with Crippen LogP contribution in [-0.2, 0) is 4.57 Å². The first-order valence-corrected chi connectivity index (χ1v) is 10.3. The van der Waals surface area contributed by atoms with Crippen molar-refractivity contribution in [3.63, 3.8) is 0 Å². The lowest BCUT2D eigenvalue weighted by molar-refractivity contribution is 0.107. The van der Waals surface area contributed by atoms with Gasteiger partial charge in [-0.3, -0.25) is 4.79 Å². The number of ether oxygens (including phenoxy) is 3. The summed E-state index contributed by atoms with van der Waals surface area (Å²) < 4.78 is 30.3. The average Bonchev–Trinajstić information content (AvgIpc) is 2.78. The molecule has 0 aliphatic heterocycles. The average molecular weight is 396 g/mol. The van der Waals surface area contributed by atoms with E-state index in [0.717, 1.165) is 0 Å². The standard InChI is InChI=1S/C22H21O5P/c1-25-16-12-14-18(15-13-16)28(24,17-8-5-4-6-9-17)22(23)21-19(26-2)10-7-11-20(21)27-3/h4-15H,1-3H3. The first-order chi connectivity index (χ1) is 13.6. The van der Waals surface area contributed by atoms with E-state index in [4.69, 9.17) is 14.2 Å². The molecule has 1 unspecified atom stereocenters. The Balaban J connectivity index is 2.26. The molecule has 28 heavy (non-hydrogen) atoms. The molecule has 0 fully saturated rings. The monoisotopic (exact) mass is 396 g/mol. The maximum absolute atomic E-state index is 14.4. The van der Waals surface area contributed by atoms with Crippen molar-refractivity contribution in [3.05, 3.63) is 78.4 Å². The minimum absolute atomic E-state index is 0.163. The smallest absolute Gasteiger partial charge is 0.237 e. The summed E-state index contributed by atoms with van der Waals surface area (Å²) in [5, 5.41) is 0.857. The zero-order valence-electron chi connectivity index (χ0n) is 15.9. The highest BCUT2D eigenvalue weighted by Crippen LogP contribution is 2.50. The fraction of sp³-hybridized carbons (Fsp3) is 0.136. The molecule has 1 atom stereocenters. The van der Waals surface area contributed by atoms with Gasteiger partial charge in [-0.2, -0.15) is 0 Å². The third kappa shape index (κ3) is 3.41. The number of hydrogen-bond donors (Lipinski definition) is 0. The van der Waals surface area contributed by atoms with E-state index >= 15 is 0 Å². The SMILES string of the molecule is COc1ccc(P(=O)(C(=O)c2c(OC)cccc2OC)c2ccccc2)cc1. The number of benzene rings is 3. The van der Waals surface area contributed by atoms with Crippen molar-refractivity contribution in [1.29, 1.82) is 0 Å². The predicted molar refractivity (Wildman–Crippen MR) is 110 cm³/mol. The Hall–Kier alpha value is -3.04. The van der Waals surface area contributed by atoms with Gasteiger partial charge in [-0.05, 0) is 36.4 Å². The molecule has 0 aliphatic carbocycles. The summed E-state index contributed by atoms with van der Waals surface area (Å²) in [6.07, 6.45) is 0. The molecule has 0 spiro atoms. The number of hydrogen-bond acceptors (Lipinski definition) is 5. The van der Waals surface area contributed by atoms with Gasteiger partial charge in [0.05, 0.1) is 21.3 Å². The molecular formula is C22H21O5P. The number of rotatable bonds is 7. The minimum atomic E-state index is -3.70. The van der Waals surface area contributed by atoms with E-state index in [0.29, 0.717) is 27.9 Å². The van der Waals surface area contributed by atoms with Gasteiger partial charge in [0.25, 0.3) is 0 Å². The Bertz CT molecular complexity index is 991. The van der Waals surface area contributed by atoms with Crippen LogP contribution in [0, 0.1) is 0 Å². The molecule has 0 saturated carbocycles. The molecule has 0 aliphatic rings. The lowest BCUT2D eigenvalue weighted by atomic mass is 10.2. The fourth-order valence-electron chi connectivity index (χ4n) is 3.03. The molecule has 0 N–H and O–H groups in total. The second-order valence-corrected chi connectivity index (χ2v) is 8.64. The van der Waals surface area contributed by atoms with Crippen LogP contribution in [0.1, 0.15) is 10.4 Å². The van der Waals surface area contributed by atoms with E-state index in [1.807, 2.05) is 6.07 Å².